The topological polar surface area (TPSA) is 78.9 Å². The maximum Gasteiger partial charge on any atom is 0.306 e. The Kier molecular flexibility index (Phi) is 63.1. The number of hydrogen-bond donors (Lipinski definition) is 0. The van der Waals surface area contributed by atoms with Crippen molar-refractivity contribution in [2.45, 2.75) is 399 Å². The second kappa shape index (κ2) is 64.7. The van der Waals surface area contributed by atoms with Crippen LogP contribution in [0.1, 0.15) is 393 Å². The summed E-state index contributed by atoms with van der Waals surface area (Å²) >= 11 is 0. The van der Waals surface area contributed by atoms with Gasteiger partial charge in [-0.05, 0) is 44.9 Å². The molecule has 444 valence electrons. The molecule has 0 amide bonds. The Hall–Kier alpha value is -1.85. The molecule has 1 atom stereocenters. The highest BCUT2D eigenvalue weighted by Gasteiger charge is 2.19. The molecule has 0 spiro atoms. The van der Waals surface area contributed by atoms with Gasteiger partial charge in [0.25, 0.3) is 0 Å². The summed E-state index contributed by atoms with van der Waals surface area (Å²) in [6.45, 7) is 6.73. The van der Waals surface area contributed by atoms with Crippen LogP contribution >= 0.6 is 0 Å². The Labute approximate surface area is 469 Å². The van der Waals surface area contributed by atoms with Crippen LogP contribution in [-0.4, -0.2) is 37.2 Å². The lowest BCUT2D eigenvalue weighted by Gasteiger charge is -2.18. The van der Waals surface area contributed by atoms with Crippen molar-refractivity contribution in [3.8, 4) is 0 Å². The van der Waals surface area contributed by atoms with Crippen LogP contribution < -0.4 is 0 Å². The van der Waals surface area contributed by atoms with Crippen LogP contribution in [0, 0.1) is 0 Å². The minimum absolute atomic E-state index is 0.0634. The van der Waals surface area contributed by atoms with Crippen molar-refractivity contribution in [3.63, 3.8) is 0 Å². The Morgan fingerprint density at radius 2 is 0.440 bits per heavy atom. The van der Waals surface area contributed by atoms with Gasteiger partial charge in [-0.15, -0.1) is 0 Å². The van der Waals surface area contributed by atoms with E-state index < -0.39 is 6.10 Å². The summed E-state index contributed by atoms with van der Waals surface area (Å²) in [4.78, 5) is 38.4. The van der Waals surface area contributed by atoms with E-state index in [4.69, 9.17) is 14.2 Å². The lowest BCUT2D eigenvalue weighted by atomic mass is 10.0. The minimum Gasteiger partial charge on any atom is -0.462 e. The molecule has 0 aromatic rings. The average Bonchev–Trinajstić information content (AvgIpc) is 3.41. The van der Waals surface area contributed by atoms with Crippen molar-refractivity contribution >= 4 is 17.9 Å². The van der Waals surface area contributed by atoms with Crippen LogP contribution in [0.3, 0.4) is 0 Å². The maximum absolute atomic E-state index is 12.9. The highest BCUT2D eigenvalue weighted by molar-refractivity contribution is 5.71. The molecule has 0 aromatic heterocycles. The lowest BCUT2D eigenvalue weighted by molar-refractivity contribution is -0.167. The largest absolute Gasteiger partial charge is 0.462 e. The predicted octanol–water partition coefficient (Wildman–Crippen LogP) is 23.2. The summed E-state index contributed by atoms with van der Waals surface area (Å²) in [5.41, 5.74) is 0. The first-order valence-electron chi connectivity index (χ1n) is 34.2. The molecule has 0 saturated heterocycles. The summed E-state index contributed by atoms with van der Waals surface area (Å²) in [6.07, 6.45) is 76.5. The number of ether oxygens (including phenoxy) is 3. The van der Waals surface area contributed by atoms with Gasteiger partial charge in [0.2, 0.25) is 0 Å². The first kappa shape index (κ1) is 73.2. The van der Waals surface area contributed by atoms with E-state index in [2.05, 4.69) is 32.9 Å². The fraction of sp³-hybridized carbons (Fsp3) is 0.928. The molecule has 6 nitrogen and oxygen atoms in total. The van der Waals surface area contributed by atoms with E-state index in [1.165, 1.54) is 295 Å². The predicted molar refractivity (Wildman–Crippen MR) is 326 cm³/mol. The van der Waals surface area contributed by atoms with Gasteiger partial charge in [0.1, 0.15) is 13.2 Å². The van der Waals surface area contributed by atoms with Gasteiger partial charge >= 0.3 is 17.9 Å². The molecule has 0 heterocycles. The second-order valence-electron chi connectivity index (χ2n) is 23.5. The van der Waals surface area contributed by atoms with E-state index in [-0.39, 0.29) is 31.1 Å². The molecule has 0 N–H and O–H groups in total. The quantitative estimate of drug-likeness (QED) is 0.0261. The van der Waals surface area contributed by atoms with Crippen LogP contribution in [0.5, 0.6) is 0 Å². The normalized spacial score (nSPS) is 12.0. The summed E-state index contributed by atoms with van der Waals surface area (Å²) < 4.78 is 17.0. The Morgan fingerprint density at radius 1 is 0.253 bits per heavy atom. The molecule has 0 aliphatic carbocycles. The van der Waals surface area contributed by atoms with Gasteiger partial charge in [0.05, 0.1) is 0 Å². The SMILES string of the molecule is CCCCCCCC/C=C\CCCCCCCCCCCC(=O)OC[C@H](COC(=O)CCCCCCCCCCCCCCCCCCC)OC(=O)CCCCCCCCCCCCCCCCCCCCCCC. The molecule has 0 aliphatic rings. The van der Waals surface area contributed by atoms with Gasteiger partial charge in [0.15, 0.2) is 6.10 Å². The molecule has 6 heteroatoms. The zero-order valence-electron chi connectivity index (χ0n) is 51.1. The van der Waals surface area contributed by atoms with Crippen LogP contribution in [0.25, 0.3) is 0 Å². The molecular weight excluding hydrogens is 925 g/mol. The third-order valence-electron chi connectivity index (χ3n) is 15.8. The molecule has 0 radical (unpaired) electrons. The molecule has 0 unspecified atom stereocenters. The smallest absolute Gasteiger partial charge is 0.306 e. The Bertz CT molecular complexity index is 1170. The molecule has 0 rings (SSSR count). The first-order chi connectivity index (χ1) is 37.0. The van der Waals surface area contributed by atoms with E-state index in [1.54, 1.807) is 0 Å². The van der Waals surface area contributed by atoms with E-state index in [9.17, 15) is 14.4 Å². The van der Waals surface area contributed by atoms with Gasteiger partial charge in [-0.25, -0.2) is 0 Å². The summed E-state index contributed by atoms with van der Waals surface area (Å²) in [5, 5.41) is 0. The Balaban J connectivity index is 4.29. The molecule has 0 aliphatic heterocycles. The van der Waals surface area contributed by atoms with Crippen molar-refractivity contribution in [3.05, 3.63) is 12.2 Å². The second-order valence-corrected chi connectivity index (χ2v) is 23.5. The zero-order chi connectivity index (χ0) is 54.3. The third-order valence-corrected chi connectivity index (χ3v) is 15.8. The van der Waals surface area contributed by atoms with Crippen molar-refractivity contribution in [1.82, 2.24) is 0 Å². The number of carbonyl (C=O) groups excluding carboxylic acids is 3. The van der Waals surface area contributed by atoms with Crippen LogP contribution in [0.4, 0.5) is 0 Å². The molecular formula is C69H132O6. The molecule has 0 aromatic carbocycles. The van der Waals surface area contributed by atoms with Crippen LogP contribution in [-0.2, 0) is 28.6 Å². The standard InChI is InChI=1S/C69H132O6/c1-4-7-10-13-16-19-22-25-28-31-33-34-36-39-42-45-48-51-54-57-60-63-69(72)75-66(64-73-67(70)61-58-55-52-49-46-43-40-37-30-27-24-21-18-15-12-9-6-3)65-74-68(71)62-59-56-53-50-47-44-41-38-35-32-29-26-23-20-17-14-11-8-5-2/h26,29,66H,4-25,27-28,30-65H2,1-3H3/b29-26-/t66-/m0/s1. The fourth-order valence-corrected chi connectivity index (χ4v) is 10.6. The van der Waals surface area contributed by atoms with E-state index in [1.807, 2.05) is 0 Å². The van der Waals surface area contributed by atoms with Crippen molar-refractivity contribution < 1.29 is 28.6 Å². The van der Waals surface area contributed by atoms with Gasteiger partial charge in [-0.3, -0.25) is 14.4 Å². The van der Waals surface area contributed by atoms with Crippen LogP contribution in [0.2, 0.25) is 0 Å². The highest BCUT2D eigenvalue weighted by Crippen LogP contribution is 2.19. The van der Waals surface area contributed by atoms with E-state index in [0.29, 0.717) is 19.3 Å². The molecule has 0 saturated carbocycles. The summed E-state index contributed by atoms with van der Waals surface area (Å²) in [7, 11) is 0. The van der Waals surface area contributed by atoms with E-state index in [0.717, 1.165) is 57.8 Å². The summed E-state index contributed by atoms with van der Waals surface area (Å²) in [5.74, 6) is -0.830. The monoisotopic (exact) mass is 1060 g/mol. The van der Waals surface area contributed by atoms with Gasteiger partial charge in [-0.1, -0.05) is 341 Å². The molecule has 0 bridgehead atoms. The van der Waals surface area contributed by atoms with E-state index >= 15 is 0 Å². The third kappa shape index (κ3) is 62.9. The zero-order valence-corrected chi connectivity index (χ0v) is 51.1. The van der Waals surface area contributed by atoms with Crippen molar-refractivity contribution in [2.75, 3.05) is 13.2 Å². The van der Waals surface area contributed by atoms with Gasteiger partial charge in [0, 0.05) is 19.3 Å². The fourth-order valence-electron chi connectivity index (χ4n) is 10.6. The number of rotatable bonds is 64. The summed E-state index contributed by atoms with van der Waals surface area (Å²) in [6, 6.07) is 0. The number of carbonyl (C=O) groups is 3. The number of esters is 3. The maximum atomic E-state index is 12.9. The first-order valence-corrected chi connectivity index (χ1v) is 34.2. The minimum atomic E-state index is -0.767. The van der Waals surface area contributed by atoms with Crippen LogP contribution in [0.15, 0.2) is 12.2 Å². The molecule has 0 fully saturated rings. The lowest BCUT2D eigenvalue weighted by Crippen LogP contribution is -2.30. The average molecular weight is 1060 g/mol. The van der Waals surface area contributed by atoms with Gasteiger partial charge in [-0.2, -0.15) is 0 Å². The number of hydrogen-bond acceptors (Lipinski definition) is 6. The molecule has 75 heavy (non-hydrogen) atoms. The number of unbranched alkanes of at least 4 members (excludes halogenated alkanes) is 51. The van der Waals surface area contributed by atoms with Crippen molar-refractivity contribution in [1.29, 1.82) is 0 Å². The van der Waals surface area contributed by atoms with Gasteiger partial charge < -0.3 is 14.2 Å². The number of allylic oxidation sites excluding steroid dienone is 2. The highest BCUT2D eigenvalue weighted by atomic mass is 16.6. The Morgan fingerprint density at radius 3 is 0.667 bits per heavy atom. The van der Waals surface area contributed by atoms with Crippen molar-refractivity contribution in [2.24, 2.45) is 0 Å².